The molecule has 2 rings (SSSR count). The molecule has 1 N–H and O–H groups in total. The maximum Gasteiger partial charge on any atom is 0.347 e. The number of nitrogens with zero attached hydrogens (tertiary/aromatic N) is 2. The summed E-state index contributed by atoms with van der Waals surface area (Å²) in [4.78, 5) is 18.6. The average molecular weight is 282 g/mol. The zero-order chi connectivity index (χ0) is 13.7. The van der Waals surface area contributed by atoms with Crippen LogP contribution in [0, 0.1) is 0 Å². The van der Waals surface area contributed by atoms with Crippen LogP contribution in [0.5, 0.6) is 0 Å². The van der Waals surface area contributed by atoms with Crippen molar-refractivity contribution in [1.82, 2.24) is 9.88 Å². The van der Waals surface area contributed by atoms with Gasteiger partial charge in [-0.2, -0.15) is 0 Å². The smallest absolute Gasteiger partial charge is 0.347 e. The second-order valence-electron chi connectivity index (χ2n) is 5.09. The Morgan fingerprint density at radius 3 is 2.68 bits per heavy atom. The van der Waals surface area contributed by atoms with Crippen LogP contribution in [0.2, 0.25) is 0 Å². The molecule has 1 aliphatic rings. The largest absolute Gasteiger partial charge is 0.477 e. The fourth-order valence-corrected chi connectivity index (χ4v) is 3.46. The molecule has 4 nitrogen and oxygen atoms in total. The number of carboxylic acids is 1. The van der Waals surface area contributed by atoms with E-state index in [1.54, 1.807) is 0 Å². The molecule has 1 aliphatic heterocycles. The number of carbonyl (C=O) groups is 1. The van der Waals surface area contributed by atoms with Gasteiger partial charge in [0.2, 0.25) is 0 Å². The van der Waals surface area contributed by atoms with Gasteiger partial charge in [-0.1, -0.05) is 19.8 Å². The molecule has 0 saturated carbocycles. The zero-order valence-corrected chi connectivity index (χ0v) is 12.3. The number of hydrogen-bond donors (Lipinski definition) is 1. The predicted octanol–water partition coefficient (Wildman–Crippen LogP) is 2.82. The van der Waals surface area contributed by atoms with Crippen LogP contribution in [-0.4, -0.2) is 40.6 Å². The summed E-state index contributed by atoms with van der Waals surface area (Å²) < 4.78 is 0. The van der Waals surface area contributed by atoms with Gasteiger partial charge in [0.15, 0.2) is 0 Å². The summed E-state index contributed by atoms with van der Waals surface area (Å²) in [6.07, 6.45) is 6.52. The van der Waals surface area contributed by atoms with Gasteiger partial charge in [-0.25, -0.2) is 9.78 Å². The van der Waals surface area contributed by atoms with E-state index in [1.165, 1.54) is 43.7 Å². The highest BCUT2D eigenvalue weighted by Crippen LogP contribution is 2.21. The summed E-state index contributed by atoms with van der Waals surface area (Å²) in [5.41, 5.74) is 0.772. The first kappa shape index (κ1) is 14.5. The Labute approximate surface area is 118 Å². The number of aromatic carboxylic acids is 1. The Hall–Kier alpha value is -0.940. The molecule has 0 radical (unpaired) electrons. The number of aryl methyl sites for hydroxylation is 1. The molecule has 1 saturated heterocycles. The van der Waals surface area contributed by atoms with Crippen LogP contribution in [0.4, 0.5) is 0 Å². The van der Waals surface area contributed by atoms with E-state index < -0.39 is 5.97 Å². The summed E-state index contributed by atoms with van der Waals surface area (Å²) in [7, 11) is 0. The van der Waals surface area contributed by atoms with Crippen LogP contribution in [0.15, 0.2) is 0 Å². The molecule has 5 heteroatoms. The number of aromatic nitrogens is 1. The van der Waals surface area contributed by atoms with E-state index in [-0.39, 0.29) is 0 Å². The van der Waals surface area contributed by atoms with E-state index in [9.17, 15) is 9.90 Å². The van der Waals surface area contributed by atoms with Gasteiger partial charge in [0, 0.05) is 13.0 Å². The molecule has 2 heterocycles. The normalized spacial score (nSPS) is 16.7. The van der Waals surface area contributed by atoms with Gasteiger partial charge in [-0.3, -0.25) is 0 Å². The second kappa shape index (κ2) is 7.01. The number of carboxylic acid groups (broad SMARTS) is 1. The fraction of sp³-hybridized carbons (Fsp3) is 0.714. The van der Waals surface area contributed by atoms with Crippen molar-refractivity contribution in [3.05, 3.63) is 15.6 Å². The number of rotatable bonds is 6. The van der Waals surface area contributed by atoms with E-state index in [1.807, 2.05) is 0 Å². The molecule has 0 spiro atoms. The van der Waals surface area contributed by atoms with Crippen LogP contribution in [-0.2, 0) is 12.8 Å². The topological polar surface area (TPSA) is 53.4 Å². The highest BCUT2D eigenvalue weighted by Gasteiger charge is 2.17. The predicted molar refractivity (Wildman–Crippen MR) is 77.1 cm³/mol. The third kappa shape index (κ3) is 4.01. The monoisotopic (exact) mass is 282 g/mol. The molecule has 0 amide bonds. The minimum absolute atomic E-state index is 0.440. The first-order chi connectivity index (χ1) is 9.20. The average Bonchev–Trinajstić information content (AvgIpc) is 2.81. The van der Waals surface area contributed by atoms with E-state index in [0.717, 1.165) is 36.5 Å². The van der Waals surface area contributed by atoms with Gasteiger partial charge in [0.25, 0.3) is 0 Å². The van der Waals surface area contributed by atoms with Crippen LogP contribution in [0.1, 0.15) is 53.0 Å². The highest BCUT2D eigenvalue weighted by atomic mass is 32.1. The Kier molecular flexibility index (Phi) is 5.34. The molecule has 0 aromatic carbocycles. The van der Waals surface area contributed by atoms with Crippen molar-refractivity contribution in [1.29, 1.82) is 0 Å². The summed E-state index contributed by atoms with van der Waals surface area (Å²) in [5, 5.41) is 10.2. The van der Waals surface area contributed by atoms with E-state index in [4.69, 9.17) is 0 Å². The van der Waals surface area contributed by atoms with E-state index in [2.05, 4.69) is 16.8 Å². The minimum Gasteiger partial charge on any atom is -0.477 e. The third-order valence-corrected chi connectivity index (χ3v) is 4.66. The van der Waals surface area contributed by atoms with Crippen LogP contribution >= 0.6 is 11.3 Å². The standard InChI is InChI=1S/C14H22N2O2S/c1-2-6-11-13(14(17)18)19-12(15-11)7-10-16-8-4-3-5-9-16/h2-10H2,1H3,(H,17,18). The summed E-state index contributed by atoms with van der Waals surface area (Å²) >= 11 is 1.36. The van der Waals surface area contributed by atoms with Crippen molar-refractivity contribution in [3.63, 3.8) is 0 Å². The quantitative estimate of drug-likeness (QED) is 0.871. The van der Waals surface area contributed by atoms with Crippen LogP contribution in [0.3, 0.4) is 0 Å². The van der Waals surface area contributed by atoms with Crippen LogP contribution in [0.25, 0.3) is 0 Å². The van der Waals surface area contributed by atoms with Gasteiger partial charge < -0.3 is 10.0 Å². The van der Waals surface area contributed by atoms with Crippen molar-refractivity contribution in [2.24, 2.45) is 0 Å². The SMILES string of the molecule is CCCc1nc(CCN2CCCCC2)sc1C(=O)O. The third-order valence-electron chi connectivity index (χ3n) is 3.51. The molecule has 1 fully saturated rings. The van der Waals surface area contributed by atoms with E-state index in [0.29, 0.717) is 4.88 Å². The molecular weight excluding hydrogens is 260 g/mol. The number of piperidine rings is 1. The molecule has 1 aromatic heterocycles. The lowest BCUT2D eigenvalue weighted by atomic mass is 10.1. The lowest BCUT2D eigenvalue weighted by Crippen LogP contribution is -2.31. The molecule has 19 heavy (non-hydrogen) atoms. The lowest BCUT2D eigenvalue weighted by Gasteiger charge is -2.25. The molecule has 0 atom stereocenters. The minimum atomic E-state index is -0.829. The Bertz CT molecular complexity index is 425. The maximum absolute atomic E-state index is 11.2. The lowest BCUT2D eigenvalue weighted by molar-refractivity contribution is 0.0700. The van der Waals surface area contributed by atoms with Crippen LogP contribution < -0.4 is 0 Å². The first-order valence-electron chi connectivity index (χ1n) is 7.15. The second-order valence-corrected chi connectivity index (χ2v) is 6.17. The molecule has 1 aromatic rings. The summed E-state index contributed by atoms with van der Waals surface area (Å²) in [6, 6.07) is 0. The Balaban J connectivity index is 1.95. The molecule has 0 bridgehead atoms. The van der Waals surface area contributed by atoms with Crippen molar-refractivity contribution >= 4 is 17.3 Å². The number of thiazole rings is 1. The highest BCUT2D eigenvalue weighted by molar-refractivity contribution is 7.13. The van der Waals surface area contributed by atoms with E-state index >= 15 is 0 Å². The van der Waals surface area contributed by atoms with Crippen molar-refractivity contribution < 1.29 is 9.90 Å². The van der Waals surface area contributed by atoms with Gasteiger partial charge >= 0.3 is 5.97 Å². The van der Waals surface area contributed by atoms with Crippen molar-refractivity contribution in [3.8, 4) is 0 Å². The Morgan fingerprint density at radius 2 is 2.05 bits per heavy atom. The zero-order valence-electron chi connectivity index (χ0n) is 11.5. The molecular formula is C14H22N2O2S. The summed E-state index contributed by atoms with van der Waals surface area (Å²) in [6.45, 7) is 5.43. The van der Waals surface area contributed by atoms with Gasteiger partial charge in [-0.15, -0.1) is 11.3 Å². The van der Waals surface area contributed by atoms with Crippen molar-refractivity contribution in [2.45, 2.75) is 45.4 Å². The first-order valence-corrected chi connectivity index (χ1v) is 7.96. The van der Waals surface area contributed by atoms with Gasteiger partial charge in [-0.05, 0) is 32.4 Å². The molecule has 106 valence electrons. The number of likely N-dealkylation sites (tertiary alicyclic amines) is 1. The molecule has 0 unspecified atom stereocenters. The Morgan fingerprint density at radius 1 is 1.32 bits per heavy atom. The fourth-order valence-electron chi connectivity index (χ4n) is 2.52. The van der Waals surface area contributed by atoms with Gasteiger partial charge in [0.05, 0.1) is 10.7 Å². The number of hydrogen-bond acceptors (Lipinski definition) is 4. The molecule has 0 aliphatic carbocycles. The maximum atomic E-state index is 11.2. The van der Waals surface area contributed by atoms with Gasteiger partial charge in [0.1, 0.15) is 4.88 Å². The van der Waals surface area contributed by atoms with Crippen molar-refractivity contribution in [2.75, 3.05) is 19.6 Å². The summed E-state index contributed by atoms with van der Waals surface area (Å²) in [5.74, 6) is -0.829.